The first kappa shape index (κ1) is 30.1. The van der Waals surface area contributed by atoms with Crippen LogP contribution >= 0.6 is 0 Å². The summed E-state index contributed by atoms with van der Waals surface area (Å²) in [7, 11) is 1.53. The van der Waals surface area contributed by atoms with Crippen LogP contribution in [0.1, 0.15) is 41.0 Å². The maximum atomic E-state index is 13.8. The molecular weight excluding hydrogens is 534 g/mol. The third-order valence-corrected chi connectivity index (χ3v) is 6.87. The number of furan rings is 1. The Morgan fingerprint density at radius 3 is 2.00 bits per heavy atom. The van der Waals surface area contributed by atoms with Gasteiger partial charge < -0.3 is 24.9 Å². The fourth-order valence-electron chi connectivity index (χ4n) is 4.59. The lowest BCUT2D eigenvalue weighted by Gasteiger charge is -2.25. The van der Waals surface area contributed by atoms with Crippen LogP contribution in [0.4, 0.5) is 0 Å². The molecule has 3 unspecified atom stereocenters. The molecule has 0 aliphatic heterocycles. The summed E-state index contributed by atoms with van der Waals surface area (Å²) in [4.78, 5) is 39.4. The average Bonchev–Trinajstić information content (AvgIpc) is 3.55. The monoisotopic (exact) mass is 569 g/mol. The molecule has 0 aliphatic rings. The van der Waals surface area contributed by atoms with E-state index in [9.17, 15) is 19.5 Å². The van der Waals surface area contributed by atoms with E-state index in [4.69, 9.17) is 9.15 Å². The number of hydrogen-bond acceptors (Lipinski definition) is 6. The lowest BCUT2D eigenvalue weighted by Crippen LogP contribution is -2.51. The van der Waals surface area contributed by atoms with Gasteiger partial charge in [0, 0.05) is 6.54 Å². The van der Waals surface area contributed by atoms with E-state index in [1.165, 1.54) is 19.4 Å². The molecule has 0 bridgehead atoms. The minimum Gasteiger partial charge on any atom is -0.497 e. The van der Waals surface area contributed by atoms with Gasteiger partial charge in [-0.2, -0.15) is 0 Å². The minimum absolute atomic E-state index is 0.146. The van der Waals surface area contributed by atoms with Crippen molar-refractivity contribution in [2.75, 3.05) is 13.7 Å². The second kappa shape index (κ2) is 15.2. The normalized spacial score (nSPS) is 13.0. The summed E-state index contributed by atoms with van der Waals surface area (Å²) < 4.78 is 10.6. The van der Waals surface area contributed by atoms with Gasteiger partial charge in [-0.1, -0.05) is 72.8 Å². The number of rotatable bonds is 15. The second-order valence-electron chi connectivity index (χ2n) is 9.77. The fraction of sp³-hybridized carbons (Fsp3) is 0.242. The summed E-state index contributed by atoms with van der Waals surface area (Å²) in [5.41, 5.74) is 2.61. The Bertz CT molecular complexity index is 1410. The van der Waals surface area contributed by atoms with Crippen LogP contribution in [0.2, 0.25) is 0 Å². The van der Waals surface area contributed by atoms with Crippen LogP contribution in [0.25, 0.3) is 0 Å². The van der Waals surface area contributed by atoms with Crippen molar-refractivity contribution in [2.45, 2.75) is 37.4 Å². The molecule has 0 spiro atoms. The summed E-state index contributed by atoms with van der Waals surface area (Å²) in [6.45, 7) is 0.403. The summed E-state index contributed by atoms with van der Waals surface area (Å²) in [6.07, 6.45) is 2.92. The van der Waals surface area contributed by atoms with E-state index in [1.807, 2.05) is 60.7 Å². The predicted molar refractivity (Wildman–Crippen MR) is 158 cm³/mol. The molecule has 1 aromatic heterocycles. The number of ether oxygens (including phenoxy) is 1. The Labute approximate surface area is 244 Å². The molecule has 9 nitrogen and oxygen atoms in total. The molecule has 2 amide bonds. The van der Waals surface area contributed by atoms with Gasteiger partial charge in [0.15, 0.2) is 6.04 Å². The van der Waals surface area contributed by atoms with Crippen molar-refractivity contribution in [3.63, 3.8) is 0 Å². The van der Waals surface area contributed by atoms with E-state index in [-0.39, 0.29) is 11.7 Å². The standard InChI is InChI=1S/C33H35N3O6/c1-41-26-17-15-25(16-18-26)29(36-30(33(39)40)28-13-8-22-42-28)32(38)35-27(19-14-23-9-4-2-5-10-23)31(37)34-21-20-24-11-6-3-7-12-24/h2-13,15-18,22,27,29-30,36H,14,19-21H2,1H3,(H,34,37)(H,35,38)(H,39,40). The summed E-state index contributed by atoms with van der Waals surface area (Å²) >= 11 is 0. The number of carbonyl (C=O) groups is 3. The summed E-state index contributed by atoms with van der Waals surface area (Å²) in [5.74, 6) is -1.35. The van der Waals surface area contributed by atoms with E-state index in [0.717, 1.165) is 11.1 Å². The Kier molecular flexibility index (Phi) is 10.9. The van der Waals surface area contributed by atoms with Crippen molar-refractivity contribution in [3.8, 4) is 5.75 Å². The number of carboxylic acids is 1. The van der Waals surface area contributed by atoms with Gasteiger partial charge in [0.2, 0.25) is 11.8 Å². The highest BCUT2D eigenvalue weighted by Gasteiger charge is 2.32. The Hall–Kier alpha value is -4.89. The smallest absolute Gasteiger partial charge is 0.328 e. The molecule has 9 heteroatoms. The SMILES string of the molecule is COc1ccc(C(NC(C(=O)O)c2ccco2)C(=O)NC(CCc2ccccc2)C(=O)NCCc2ccccc2)cc1. The number of nitrogens with one attached hydrogen (secondary N) is 3. The van der Waals surface area contributed by atoms with Crippen molar-refractivity contribution in [2.24, 2.45) is 0 Å². The third-order valence-electron chi connectivity index (χ3n) is 6.87. The van der Waals surface area contributed by atoms with Gasteiger partial charge in [-0.15, -0.1) is 0 Å². The summed E-state index contributed by atoms with van der Waals surface area (Å²) in [5, 5.41) is 18.7. The molecule has 0 saturated heterocycles. The van der Waals surface area contributed by atoms with Gasteiger partial charge >= 0.3 is 5.97 Å². The molecule has 42 heavy (non-hydrogen) atoms. The number of aryl methyl sites for hydroxylation is 1. The second-order valence-corrected chi connectivity index (χ2v) is 9.77. The minimum atomic E-state index is -1.31. The topological polar surface area (TPSA) is 130 Å². The van der Waals surface area contributed by atoms with E-state index >= 15 is 0 Å². The van der Waals surface area contributed by atoms with Gasteiger partial charge in [0.05, 0.1) is 13.4 Å². The first-order valence-corrected chi connectivity index (χ1v) is 13.8. The zero-order valence-corrected chi connectivity index (χ0v) is 23.4. The average molecular weight is 570 g/mol. The van der Waals surface area contributed by atoms with Crippen LogP contribution in [-0.4, -0.2) is 42.6 Å². The molecule has 3 atom stereocenters. The van der Waals surface area contributed by atoms with E-state index in [2.05, 4.69) is 16.0 Å². The Morgan fingerprint density at radius 1 is 0.786 bits per heavy atom. The van der Waals surface area contributed by atoms with Crippen LogP contribution in [0, 0.1) is 0 Å². The van der Waals surface area contributed by atoms with E-state index in [0.29, 0.717) is 37.1 Å². The molecular formula is C33H35N3O6. The number of amides is 2. The number of methoxy groups -OCH3 is 1. The number of hydrogen-bond donors (Lipinski definition) is 4. The molecule has 218 valence electrons. The fourth-order valence-corrected chi connectivity index (χ4v) is 4.59. The Morgan fingerprint density at radius 2 is 1.43 bits per heavy atom. The van der Waals surface area contributed by atoms with Crippen LogP contribution in [-0.2, 0) is 27.2 Å². The largest absolute Gasteiger partial charge is 0.497 e. The number of benzene rings is 3. The maximum absolute atomic E-state index is 13.8. The van der Waals surface area contributed by atoms with Gasteiger partial charge in [0.25, 0.3) is 0 Å². The number of aliphatic carboxylic acids is 1. The zero-order valence-electron chi connectivity index (χ0n) is 23.4. The van der Waals surface area contributed by atoms with Crippen LogP contribution in [0.15, 0.2) is 108 Å². The molecule has 4 N–H and O–H groups in total. The van der Waals surface area contributed by atoms with Crippen molar-refractivity contribution in [1.82, 2.24) is 16.0 Å². The Balaban J connectivity index is 1.54. The molecule has 1 heterocycles. The van der Waals surface area contributed by atoms with Crippen molar-refractivity contribution < 1.29 is 28.6 Å². The van der Waals surface area contributed by atoms with E-state index in [1.54, 1.807) is 30.3 Å². The lowest BCUT2D eigenvalue weighted by atomic mass is 10.0. The number of carboxylic acid groups (broad SMARTS) is 1. The molecule has 4 rings (SSSR count). The maximum Gasteiger partial charge on any atom is 0.328 e. The van der Waals surface area contributed by atoms with Crippen LogP contribution in [0.5, 0.6) is 5.75 Å². The molecule has 3 aromatic carbocycles. The highest BCUT2D eigenvalue weighted by atomic mass is 16.5. The first-order chi connectivity index (χ1) is 20.4. The lowest BCUT2D eigenvalue weighted by molar-refractivity contribution is -0.141. The van der Waals surface area contributed by atoms with Crippen molar-refractivity contribution >= 4 is 17.8 Å². The van der Waals surface area contributed by atoms with Crippen LogP contribution in [0.3, 0.4) is 0 Å². The van der Waals surface area contributed by atoms with Gasteiger partial charge in [-0.05, 0) is 60.2 Å². The molecule has 0 radical (unpaired) electrons. The van der Waals surface area contributed by atoms with Crippen molar-refractivity contribution in [1.29, 1.82) is 0 Å². The zero-order chi connectivity index (χ0) is 29.7. The van der Waals surface area contributed by atoms with Crippen LogP contribution < -0.4 is 20.7 Å². The van der Waals surface area contributed by atoms with Gasteiger partial charge in [-0.25, -0.2) is 0 Å². The molecule has 0 fully saturated rings. The van der Waals surface area contributed by atoms with Gasteiger partial charge in [0.1, 0.15) is 23.6 Å². The molecule has 0 saturated carbocycles. The molecule has 0 aliphatic carbocycles. The van der Waals surface area contributed by atoms with E-state index < -0.39 is 30.0 Å². The highest BCUT2D eigenvalue weighted by molar-refractivity contribution is 5.91. The first-order valence-electron chi connectivity index (χ1n) is 13.8. The highest BCUT2D eigenvalue weighted by Crippen LogP contribution is 2.24. The third kappa shape index (κ3) is 8.55. The quantitative estimate of drug-likeness (QED) is 0.169. The molecule has 4 aromatic rings. The summed E-state index contributed by atoms with van der Waals surface area (Å²) in [6, 6.07) is 26.1. The van der Waals surface area contributed by atoms with Gasteiger partial charge in [-0.3, -0.25) is 19.7 Å². The predicted octanol–water partition coefficient (Wildman–Crippen LogP) is 4.22. The number of carbonyl (C=O) groups excluding carboxylic acids is 2. The van der Waals surface area contributed by atoms with Crippen molar-refractivity contribution in [3.05, 3.63) is 126 Å².